The van der Waals surface area contributed by atoms with Crippen LogP contribution >= 0.6 is 23.2 Å². The highest BCUT2D eigenvalue weighted by Crippen LogP contribution is 2.41. The third kappa shape index (κ3) is 6.54. The Bertz CT molecular complexity index is 2000. The second-order valence-electron chi connectivity index (χ2n) is 12.6. The van der Waals surface area contributed by atoms with E-state index in [4.69, 9.17) is 39.1 Å². The van der Waals surface area contributed by atoms with Crippen LogP contribution < -0.4 is 16.4 Å². The number of fused-ring (bicyclic) bond motifs is 1. The first-order chi connectivity index (χ1) is 23.2. The van der Waals surface area contributed by atoms with Crippen molar-refractivity contribution in [3.63, 3.8) is 0 Å². The Labute approximate surface area is 291 Å². The molecule has 9 nitrogen and oxygen atoms in total. The van der Waals surface area contributed by atoms with Gasteiger partial charge in [0.1, 0.15) is 0 Å². The molecule has 0 spiro atoms. The van der Waals surface area contributed by atoms with Crippen molar-refractivity contribution in [2.75, 3.05) is 24.5 Å². The zero-order valence-electron chi connectivity index (χ0n) is 27.2. The van der Waals surface area contributed by atoms with Gasteiger partial charge in [0.05, 0.1) is 23.3 Å². The van der Waals surface area contributed by atoms with Crippen molar-refractivity contribution in [2.45, 2.75) is 57.8 Å². The molecule has 2 aliphatic rings. The Morgan fingerprint density at radius 2 is 1.73 bits per heavy atom. The van der Waals surface area contributed by atoms with Crippen molar-refractivity contribution in [3.05, 3.63) is 104 Å². The van der Waals surface area contributed by atoms with E-state index in [1.165, 1.54) is 21.2 Å². The molecule has 2 unspecified atom stereocenters. The molecule has 3 heterocycles. The van der Waals surface area contributed by atoms with Gasteiger partial charge >= 0.3 is 11.9 Å². The zero-order chi connectivity index (χ0) is 35.2. The number of benzene rings is 2. The smallest absolute Gasteiger partial charge is 0.342 e. The van der Waals surface area contributed by atoms with Gasteiger partial charge in [0.2, 0.25) is 5.95 Å². The number of carbonyl (C=O) groups excluding carboxylic acids is 1. The summed E-state index contributed by atoms with van der Waals surface area (Å²) in [4.78, 5) is 34.4. The number of aromatic nitrogens is 4. The summed E-state index contributed by atoms with van der Waals surface area (Å²) in [5.41, 5.74) is 0.670. The lowest BCUT2D eigenvalue weighted by Gasteiger charge is -2.45. The van der Waals surface area contributed by atoms with Crippen LogP contribution in [0.25, 0.3) is 16.8 Å². The van der Waals surface area contributed by atoms with E-state index in [0.29, 0.717) is 70.9 Å². The number of ketones is 1. The molecule has 0 amide bonds. The standard InChI is InChI=1S/C35H36Cl2F3N7O2/c1-4-46(41)34(22(3)48)15-17-44(18-16-34)32-42-30(28-14-13-27(37)19-21(28)2)29(24-7-11-26(36)12-8-24)31-43-45(33(49)47(31)32)20-23-5-9-25(10-6-23)35(38,39)40/h5-14,19,21,28H,4,15-18,20,41H2,1-3H3. The summed E-state index contributed by atoms with van der Waals surface area (Å²) in [5, 5.41) is 7.54. The number of nitrogens with zero attached hydrogens (tertiary/aromatic N) is 6. The van der Waals surface area contributed by atoms with Crippen molar-refractivity contribution in [1.82, 2.24) is 24.2 Å². The lowest BCUT2D eigenvalue weighted by atomic mass is 9.83. The van der Waals surface area contributed by atoms with Crippen molar-refractivity contribution >= 4 is 40.6 Å². The van der Waals surface area contributed by atoms with Gasteiger partial charge < -0.3 is 4.90 Å². The Hall–Kier alpha value is -3.97. The number of Topliss-reactive ketones (excluding diaryl/α,β-unsaturated/α-hetero) is 1. The largest absolute Gasteiger partial charge is 0.416 e. The topological polar surface area (TPSA) is 102 Å². The monoisotopic (exact) mass is 713 g/mol. The summed E-state index contributed by atoms with van der Waals surface area (Å²) in [7, 11) is 0. The first-order valence-electron chi connectivity index (χ1n) is 16.0. The number of rotatable bonds is 8. The molecule has 49 heavy (non-hydrogen) atoms. The number of hydrogen-bond donors (Lipinski definition) is 1. The molecule has 4 aromatic rings. The highest BCUT2D eigenvalue weighted by Gasteiger charge is 2.43. The average Bonchev–Trinajstić information content (AvgIpc) is 3.39. The van der Waals surface area contributed by atoms with E-state index in [-0.39, 0.29) is 24.2 Å². The summed E-state index contributed by atoms with van der Waals surface area (Å²) >= 11 is 12.6. The van der Waals surface area contributed by atoms with E-state index < -0.39 is 23.0 Å². The third-order valence-corrected chi connectivity index (χ3v) is 10.2. The fraction of sp³-hybridized carbons (Fsp3) is 0.371. The summed E-state index contributed by atoms with van der Waals surface area (Å²) in [6.45, 7) is 6.66. The predicted octanol–water partition coefficient (Wildman–Crippen LogP) is 6.81. The Morgan fingerprint density at radius 1 is 1.08 bits per heavy atom. The van der Waals surface area contributed by atoms with Crippen LogP contribution in [-0.4, -0.2) is 55.1 Å². The summed E-state index contributed by atoms with van der Waals surface area (Å²) in [6.07, 6.45) is 2.09. The highest BCUT2D eigenvalue weighted by atomic mass is 35.5. The minimum absolute atomic E-state index is 0.0280. The van der Waals surface area contributed by atoms with E-state index in [9.17, 15) is 22.8 Å². The number of allylic oxidation sites excluding steroid dienone is 4. The minimum Gasteiger partial charge on any atom is -0.342 e. The SMILES string of the molecule is CCN(N)C1(C(C)=O)CCN(c2nc(C3C=CC(Cl)=CC3C)c(-c3ccc(Cl)cc3)c3nn(Cc4ccc(C(F)(F)F)cc4)c(=O)n23)CC1. The summed E-state index contributed by atoms with van der Waals surface area (Å²) in [6, 6.07) is 11.8. The van der Waals surface area contributed by atoms with Crippen LogP contribution in [0.2, 0.25) is 5.02 Å². The van der Waals surface area contributed by atoms with Gasteiger partial charge in [-0.25, -0.2) is 23.9 Å². The van der Waals surface area contributed by atoms with Gasteiger partial charge in [-0.3, -0.25) is 10.6 Å². The molecule has 0 radical (unpaired) electrons. The van der Waals surface area contributed by atoms with Crippen LogP contribution in [0.15, 0.2) is 76.6 Å². The second-order valence-corrected chi connectivity index (χ2v) is 13.5. The second kappa shape index (κ2) is 13.4. The molecule has 1 fully saturated rings. The first kappa shape index (κ1) is 34.9. The molecule has 6 rings (SSSR count). The van der Waals surface area contributed by atoms with Crippen molar-refractivity contribution in [1.29, 1.82) is 0 Å². The number of nitrogens with two attached hydrogens (primary N) is 1. The van der Waals surface area contributed by atoms with Crippen molar-refractivity contribution in [3.8, 4) is 11.1 Å². The fourth-order valence-corrected chi connectivity index (χ4v) is 7.24. The van der Waals surface area contributed by atoms with Crippen LogP contribution in [0.5, 0.6) is 0 Å². The number of piperidine rings is 1. The maximum Gasteiger partial charge on any atom is 0.416 e. The molecular weight excluding hydrogens is 678 g/mol. The van der Waals surface area contributed by atoms with E-state index in [2.05, 4.69) is 0 Å². The quantitative estimate of drug-likeness (QED) is 0.158. The van der Waals surface area contributed by atoms with Crippen LogP contribution in [0.1, 0.15) is 56.4 Å². The molecule has 0 bridgehead atoms. The first-order valence-corrected chi connectivity index (χ1v) is 16.8. The van der Waals surface area contributed by atoms with Crippen molar-refractivity contribution < 1.29 is 18.0 Å². The number of alkyl halides is 3. The molecule has 1 saturated heterocycles. The fourth-order valence-electron chi connectivity index (χ4n) is 6.84. The maximum absolute atomic E-state index is 14.3. The van der Waals surface area contributed by atoms with E-state index in [1.807, 2.05) is 49.1 Å². The van der Waals surface area contributed by atoms with E-state index >= 15 is 0 Å². The lowest BCUT2D eigenvalue weighted by Crippen LogP contribution is -2.62. The predicted molar refractivity (Wildman–Crippen MR) is 185 cm³/mol. The minimum atomic E-state index is -4.49. The van der Waals surface area contributed by atoms with Gasteiger partial charge in [0.15, 0.2) is 11.4 Å². The van der Waals surface area contributed by atoms with Gasteiger partial charge in [0.25, 0.3) is 0 Å². The van der Waals surface area contributed by atoms with Gasteiger partial charge in [-0.05, 0) is 67.2 Å². The van der Waals surface area contributed by atoms with E-state index in [1.54, 1.807) is 24.1 Å². The molecular formula is C35H36Cl2F3N7O2. The highest BCUT2D eigenvalue weighted by molar-refractivity contribution is 6.31. The van der Waals surface area contributed by atoms with Crippen LogP contribution in [0.3, 0.4) is 0 Å². The van der Waals surface area contributed by atoms with Crippen LogP contribution in [0, 0.1) is 5.92 Å². The Balaban J connectivity index is 1.55. The number of anilines is 1. The molecule has 0 saturated carbocycles. The van der Waals surface area contributed by atoms with Gasteiger partial charge in [0, 0.05) is 41.2 Å². The molecule has 2 aromatic heterocycles. The number of hydrogen-bond acceptors (Lipinski definition) is 7. The van der Waals surface area contributed by atoms with Gasteiger partial charge in [-0.2, -0.15) is 13.2 Å². The summed E-state index contributed by atoms with van der Waals surface area (Å²) < 4.78 is 42.5. The molecule has 2 atom stereocenters. The van der Waals surface area contributed by atoms with Crippen LogP contribution in [-0.2, 0) is 17.5 Å². The Morgan fingerprint density at radius 3 is 2.31 bits per heavy atom. The third-order valence-electron chi connectivity index (χ3n) is 9.67. The number of likely N-dealkylation sites (N-methyl/N-ethyl adjacent to an activating group) is 1. The maximum atomic E-state index is 14.3. The molecule has 258 valence electrons. The number of hydrazine groups is 1. The molecule has 1 aliphatic heterocycles. The number of halogens is 5. The Kier molecular flexibility index (Phi) is 9.53. The van der Waals surface area contributed by atoms with Gasteiger partial charge in [-0.1, -0.05) is 73.5 Å². The zero-order valence-corrected chi connectivity index (χ0v) is 28.7. The number of carbonyl (C=O) groups is 1. The molecule has 14 heteroatoms. The van der Waals surface area contributed by atoms with Crippen molar-refractivity contribution in [2.24, 2.45) is 11.8 Å². The normalized spacial score (nSPS) is 19.5. The van der Waals surface area contributed by atoms with Gasteiger partial charge in [-0.15, -0.1) is 5.10 Å². The van der Waals surface area contributed by atoms with Crippen LogP contribution in [0.4, 0.5) is 19.1 Å². The molecule has 1 aliphatic carbocycles. The molecule has 2 aromatic carbocycles. The average molecular weight is 715 g/mol. The van der Waals surface area contributed by atoms with E-state index in [0.717, 1.165) is 17.7 Å². The molecule has 2 N–H and O–H groups in total. The lowest BCUT2D eigenvalue weighted by molar-refractivity contribution is -0.137. The summed E-state index contributed by atoms with van der Waals surface area (Å²) in [5.74, 6) is 6.37.